The second-order valence-corrected chi connectivity index (χ2v) is 9.89. The van der Waals surface area contributed by atoms with E-state index in [0.29, 0.717) is 18.6 Å². The lowest BCUT2D eigenvalue weighted by atomic mass is 9.99. The lowest BCUT2D eigenvalue weighted by Crippen LogP contribution is -2.61. The van der Waals surface area contributed by atoms with Crippen LogP contribution in [-0.4, -0.2) is 83.3 Å². The molecular weight excluding hydrogens is 551 g/mol. The Morgan fingerprint density at radius 2 is 1.78 bits per heavy atom. The standard InChI is InChI=1S/C28H30F3NO9/c1-37-26(36)20-13-17-18(28(29,30)31)11-16(15-7-3-2-4-8-15)12-19(17)32(20)41-27-25(35)24(34)23(33)21(40-27)14-39-22-9-5-6-10-38-22/h2-4,7-8,11-13,21-25,27,33-35H,5-6,9-10,14H2,1H3. The van der Waals surface area contributed by atoms with Crippen LogP contribution < -0.4 is 4.84 Å². The second kappa shape index (κ2) is 12.0. The fourth-order valence-electron chi connectivity index (χ4n) is 4.96. The lowest BCUT2D eigenvalue weighted by molar-refractivity contribution is -0.308. The van der Waals surface area contributed by atoms with E-state index >= 15 is 0 Å². The van der Waals surface area contributed by atoms with Gasteiger partial charge in [0.25, 0.3) is 6.29 Å². The van der Waals surface area contributed by atoms with Crippen LogP contribution >= 0.6 is 0 Å². The van der Waals surface area contributed by atoms with Crippen molar-refractivity contribution >= 4 is 16.9 Å². The van der Waals surface area contributed by atoms with Crippen LogP contribution in [0.25, 0.3) is 22.0 Å². The van der Waals surface area contributed by atoms with E-state index < -0.39 is 60.4 Å². The fourth-order valence-corrected chi connectivity index (χ4v) is 4.96. The summed E-state index contributed by atoms with van der Waals surface area (Å²) in [6, 6.07) is 11.6. The summed E-state index contributed by atoms with van der Waals surface area (Å²) in [5.74, 6) is -1.02. The number of aliphatic hydroxyl groups excluding tert-OH is 3. The van der Waals surface area contributed by atoms with Gasteiger partial charge in [0.1, 0.15) is 24.4 Å². The van der Waals surface area contributed by atoms with Crippen LogP contribution in [0.2, 0.25) is 0 Å². The molecule has 0 amide bonds. The number of hydrogen-bond acceptors (Lipinski definition) is 9. The molecule has 3 heterocycles. The first kappa shape index (κ1) is 29.3. The summed E-state index contributed by atoms with van der Waals surface area (Å²) >= 11 is 0. The van der Waals surface area contributed by atoms with Gasteiger partial charge in [-0.05, 0) is 48.6 Å². The van der Waals surface area contributed by atoms with Gasteiger partial charge in [0.05, 0.1) is 24.8 Å². The maximum absolute atomic E-state index is 14.2. The van der Waals surface area contributed by atoms with Crippen molar-refractivity contribution in [3.8, 4) is 11.1 Å². The average Bonchev–Trinajstić information content (AvgIpc) is 3.34. The summed E-state index contributed by atoms with van der Waals surface area (Å²) in [5, 5.41) is 31.4. The summed E-state index contributed by atoms with van der Waals surface area (Å²) in [6.07, 6.45) is -11.0. The van der Waals surface area contributed by atoms with Crippen LogP contribution in [-0.2, 0) is 25.1 Å². The van der Waals surface area contributed by atoms with Crippen molar-refractivity contribution in [3.63, 3.8) is 0 Å². The molecule has 5 rings (SSSR count). The minimum absolute atomic E-state index is 0.168. The zero-order valence-electron chi connectivity index (χ0n) is 22.0. The van der Waals surface area contributed by atoms with E-state index in [4.69, 9.17) is 23.8 Å². The molecule has 0 saturated carbocycles. The van der Waals surface area contributed by atoms with Crippen LogP contribution in [0.5, 0.6) is 0 Å². The Morgan fingerprint density at radius 1 is 1.02 bits per heavy atom. The molecule has 0 aliphatic carbocycles. The molecule has 6 atom stereocenters. The molecule has 13 heteroatoms. The molecule has 6 unspecified atom stereocenters. The lowest BCUT2D eigenvalue weighted by Gasteiger charge is -2.40. The van der Waals surface area contributed by atoms with E-state index in [2.05, 4.69) is 0 Å². The third kappa shape index (κ3) is 6.05. The number of carbonyl (C=O) groups excluding carboxylic acids is 1. The van der Waals surface area contributed by atoms with Gasteiger partial charge >= 0.3 is 12.1 Å². The zero-order valence-corrected chi connectivity index (χ0v) is 22.0. The number of hydrogen-bond donors (Lipinski definition) is 3. The quantitative estimate of drug-likeness (QED) is 0.361. The van der Waals surface area contributed by atoms with E-state index in [9.17, 15) is 33.3 Å². The van der Waals surface area contributed by atoms with E-state index in [-0.39, 0.29) is 23.1 Å². The number of halogens is 3. The molecular formula is C28H30F3NO9. The second-order valence-electron chi connectivity index (χ2n) is 9.89. The predicted molar refractivity (Wildman–Crippen MR) is 137 cm³/mol. The van der Waals surface area contributed by atoms with Crippen LogP contribution in [0.15, 0.2) is 48.5 Å². The fraction of sp³-hybridized carbons (Fsp3) is 0.464. The molecule has 2 saturated heterocycles. The smallest absolute Gasteiger partial charge is 0.417 e. The van der Waals surface area contributed by atoms with Crippen molar-refractivity contribution in [2.45, 2.75) is 62.4 Å². The first-order valence-electron chi connectivity index (χ1n) is 13.1. The molecule has 0 bridgehead atoms. The van der Waals surface area contributed by atoms with E-state index in [1.807, 2.05) is 0 Å². The number of carbonyl (C=O) groups is 1. The van der Waals surface area contributed by atoms with E-state index in [1.165, 1.54) is 6.07 Å². The monoisotopic (exact) mass is 581 g/mol. The molecule has 2 aliphatic rings. The van der Waals surface area contributed by atoms with Gasteiger partial charge in [0.2, 0.25) is 0 Å². The number of ether oxygens (including phenoxy) is 4. The summed E-state index contributed by atoms with van der Waals surface area (Å²) in [7, 11) is 1.05. The van der Waals surface area contributed by atoms with Crippen LogP contribution in [0, 0.1) is 0 Å². The average molecular weight is 582 g/mol. The van der Waals surface area contributed by atoms with Crippen molar-refractivity contribution in [1.82, 2.24) is 4.73 Å². The molecule has 3 aromatic rings. The maximum atomic E-state index is 14.2. The number of alkyl halides is 3. The normalized spacial score (nSPS) is 27.1. The van der Waals surface area contributed by atoms with Gasteiger partial charge in [0.15, 0.2) is 12.0 Å². The number of aromatic nitrogens is 1. The number of fused-ring (bicyclic) bond motifs is 1. The molecule has 1 aromatic heterocycles. The summed E-state index contributed by atoms with van der Waals surface area (Å²) in [4.78, 5) is 18.5. The van der Waals surface area contributed by atoms with Crippen molar-refractivity contribution < 1.29 is 57.1 Å². The molecule has 41 heavy (non-hydrogen) atoms. The van der Waals surface area contributed by atoms with Crippen LogP contribution in [0.4, 0.5) is 13.2 Å². The highest BCUT2D eigenvalue weighted by molar-refractivity contribution is 5.98. The Balaban J connectivity index is 1.54. The van der Waals surface area contributed by atoms with Gasteiger partial charge in [-0.25, -0.2) is 4.79 Å². The van der Waals surface area contributed by atoms with Gasteiger partial charge < -0.3 is 39.1 Å². The van der Waals surface area contributed by atoms with E-state index in [1.54, 1.807) is 30.3 Å². The molecule has 0 radical (unpaired) electrons. The van der Waals surface area contributed by atoms with Crippen molar-refractivity contribution in [1.29, 1.82) is 0 Å². The third-order valence-corrected chi connectivity index (χ3v) is 7.15. The number of nitrogens with zero attached hydrogens (tertiary/aromatic N) is 1. The first-order chi connectivity index (χ1) is 19.6. The van der Waals surface area contributed by atoms with Crippen molar-refractivity contribution in [2.75, 3.05) is 20.3 Å². The number of methoxy groups -OCH3 is 1. The molecule has 0 spiro atoms. The Kier molecular flexibility index (Phi) is 8.55. The highest BCUT2D eigenvalue weighted by Crippen LogP contribution is 2.39. The highest BCUT2D eigenvalue weighted by atomic mass is 19.4. The zero-order chi connectivity index (χ0) is 29.3. The van der Waals surface area contributed by atoms with Crippen molar-refractivity contribution in [2.24, 2.45) is 0 Å². The van der Waals surface area contributed by atoms with Gasteiger partial charge in [-0.2, -0.15) is 17.9 Å². The number of esters is 1. The Labute approximate surface area is 232 Å². The summed E-state index contributed by atoms with van der Waals surface area (Å²) < 4.78 is 65.1. The SMILES string of the molecule is COC(=O)c1cc2c(C(F)(F)F)cc(-c3ccccc3)cc2n1OC1OC(COC2CCCCO2)C(O)C(O)C1O. The van der Waals surface area contributed by atoms with Crippen LogP contribution in [0.3, 0.4) is 0 Å². The van der Waals surface area contributed by atoms with Gasteiger partial charge in [0, 0.05) is 12.0 Å². The van der Waals surface area contributed by atoms with E-state index in [0.717, 1.165) is 36.8 Å². The van der Waals surface area contributed by atoms with Gasteiger partial charge in [-0.15, -0.1) is 0 Å². The topological polar surface area (TPSA) is 129 Å². The minimum atomic E-state index is -4.80. The molecule has 3 N–H and O–H groups in total. The summed E-state index contributed by atoms with van der Waals surface area (Å²) in [5.41, 5.74) is -0.955. The molecule has 10 nitrogen and oxygen atoms in total. The highest BCUT2D eigenvalue weighted by Gasteiger charge is 2.46. The number of rotatable bonds is 7. The van der Waals surface area contributed by atoms with Gasteiger partial charge in [-0.3, -0.25) is 0 Å². The Hall–Kier alpha value is -3.20. The number of benzene rings is 2. The Morgan fingerprint density at radius 3 is 2.44 bits per heavy atom. The molecule has 2 aromatic carbocycles. The number of aliphatic hydroxyl groups is 3. The van der Waals surface area contributed by atoms with Crippen molar-refractivity contribution in [3.05, 3.63) is 59.8 Å². The first-order valence-corrected chi connectivity index (χ1v) is 13.1. The molecule has 2 aliphatic heterocycles. The maximum Gasteiger partial charge on any atom is 0.417 e. The Bertz CT molecular complexity index is 1360. The van der Waals surface area contributed by atoms with Crippen LogP contribution in [0.1, 0.15) is 35.3 Å². The van der Waals surface area contributed by atoms with Gasteiger partial charge in [-0.1, -0.05) is 30.3 Å². The summed E-state index contributed by atoms with van der Waals surface area (Å²) in [6.45, 7) is 0.274. The predicted octanol–water partition coefficient (Wildman–Crippen LogP) is 2.89. The largest absolute Gasteiger partial charge is 0.464 e. The molecule has 222 valence electrons. The minimum Gasteiger partial charge on any atom is -0.464 e. The third-order valence-electron chi connectivity index (χ3n) is 7.15. The molecule has 2 fully saturated rings.